The van der Waals surface area contributed by atoms with Crippen LogP contribution in [0.4, 0.5) is 0 Å². The van der Waals surface area contributed by atoms with E-state index in [2.05, 4.69) is 0 Å². The maximum atomic E-state index is 12.8. The molecule has 1 aromatic carbocycles. The Labute approximate surface area is 155 Å². The monoisotopic (exact) mass is 395 g/mol. The minimum Gasteiger partial charge on any atom is -0.497 e. The molecule has 138 valence electrons. The Balaban J connectivity index is 1.96. The molecule has 0 atom stereocenters. The van der Waals surface area contributed by atoms with E-state index >= 15 is 0 Å². The summed E-state index contributed by atoms with van der Waals surface area (Å²) in [4.78, 5) is 24.6. The number of fused-ring (bicyclic) bond motifs is 1. The quantitative estimate of drug-likeness (QED) is 0.723. The van der Waals surface area contributed by atoms with Gasteiger partial charge in [0.05, 0.1) is 18.2 Å². The maximum Gasteiger partial charge on any atom is 0.340 e. The van der Waals surface area contributed by atoms with Crippen molar-refractivity contribution in [2.24, 2.45) is 0 Å². The first-order valence-corrected chi connectivity index (χ1v) is 10.1. The van der Waals surface area contributed by atoms with Gasteiger partial charge in [-0.15, -0.1) is 0 Å². The van der Waals surface area contributed by atoms with Crippen molar-refractivity contribution in [3.63, 3.8) is 0 Å². The number of nitrogens with zero attached hydrogens (tertiary/aromatic N) is 1. The highest BCUT2D eigenvalue weighted by Crippen LogP contribution is 2.38. The normalized spacial score (nSPS) is 15.2. The molecule has 2 heterocycles. The van der Waals surface area contributed by atoms with Gasteiger partial charge in [-0.1, -0.05) is 13.8 Å². The molecule has 2 aromatic rings. The maximum absolute atomic E-state index is 12.8. The van der Waals surface area contributed by atoms with Crippen LogP contribution in [-0.4, -0.2) is 38.4 Å². The number of sulfonamides is 1. The van der Waals surface area contributed by atoms with Crippen molar-refractivity contribution in [1.29, 1.82) is 0 Å². The summed E-state index contributed by atoms with van der Waals surface area (Å²) in [5.74, 6) is -1.14. The summed E-state index contributed by atoms with van der Waals surface area (Å²) in [6.07, 6.45) is 0. The third kappa shape index (κ3) is 2.97. The smallest absolute Gasteiger partial charge is 0.340 e. The standard InChI is InChI=1S/C17H17NO6S2/c1-10(2)13-6-12(23-3)7-14-15(13)16(19)18(26(14,21)22)9-24-17(20)11-4-5-25-8-11/h4-8,10H,9H2,1-3H3. The second-order valence-corrected chi connectivity index (χ2v) is 8.59. The molecular weight excluding hydrogens is 378 g/mol. The molecule has 0 spiro atoms. The molecule has 0 unspecified atom stereocenters. The summed E-state index contributed by atoms with van der Waals surface area (Å²) in [6.45, 7) is 3.03. The molecule has 3 rings (SSSR count). The number of ether oxygens (including phenoxy) is 2. The van der Waals surface area contributed by atoms with Gasteiger partial charge in [-0.25, -0.2) is 13.2 Å². The predicted molar refractivity (Wildman–Crippen MR) is 95.0 cm³/mol. The lowest BCUT2D eigenvalue weighted by Crippen LogP contribution is -2.33. The fourth-order valence-electron chi connectivity index (χ4n) is 2.68. The summed E-state index contributed by atoms with van der Waals surface area (Å²) in [6, 6.07) is 4.52. The largest absolute Gasteiger partial charge is 0.497 e. The first-order valence-electron chi connectivity index (χ1n) is 7.75. The number of hydrogen-bond donors (Lipinski definition) is 0. The Bertz CT molecular complexity index is 963. The zero-order chi connectivity index (χ0) is 19.1. The van der Waals surface area contributed by atoms with E-state index in [1.165, 1.54) is 24.5 Å². The van der Waals surface area contributed by atoms with Crippen LogP contribution in [-0.2, 0) is 14.8 Å². The van der Waals surface area contributed by atoms with Crippen LogP contribution in [0.5, 0.6) is 5.75 Å². The van der Waals surface area contributed by atoms with Crippen molar-refractivity contribution in [2.75, 3.05) is 13.8 Å². The first-order chi connectivity index (χ1) is 12.3. The second-order valence-electron chi connectivity index (χ2n) is 5.98. The van der Waals surface area contributed by atoms with Gasteiger partial charge in [-0.2, -0.15) is 15.6 Å². The fourth-order valence-corrected chi connectivity index (χ4v) is 4.77. The highest BCUT2D eigenvalue weighted by molar-refractivity contribution is 7.90. The zero-order valence-electron chi connectivity index (χ0n) is 14.4. The van der Waals surface area contributed by atoms with Gasteiger partial charge >= 0.3 is 5.97 Å². The SMILES string of the molecule is COc1cc(C(C)C)c2c(c1)S(=O)(=O)N(COC(=O)c1ccsc1)C2=O. The average molecular weight is 395 g/mol. The van der Waals surface area contributed by atoms with Gasteiger partial charge in [0, 0.05) is 11.4 Å². The van der Waals surface area contributed by atoms with E-state index in [0.29, 0.717) is 21.2 Å². The van der Waals surface area contributed by atoms with E-state index in [9.17, 15) is 18.0 Å². The summed E-state index contributed by atoms with van der Waals surface area (Å²) >= 11 is 1.31. The molecule has 0 radical (unpaired) electrons. The molecule has 1 amide bonds. The van der Waals surface area contributed by atoms with Crippen LogP contribution in [0.2, 0.25) is 0 Å². The van der Waals surface area contributed by atoms with E-state index in [-0.39, 0.29) is 16.4 Å². The van der Waals surface area contributed by atoms with Crippen LogP contribution < -0.4 is 4.74 Å². The molecule has 0 saturated heterocycles. The number of carbonyl (C=O) groups is 2. The highest BCUT2D eigenvalue weighted by atomic mass is 32.2. The van der Waals surface area contributed by atoms with Crippen molar-refractivity contribution in [3.8, 4) is 5.75 Å². The third-order valence-electron chi connectivity index (χ3n) is 4.04. The number of methoxy groups -OCH3 is 1. The molecule has 0 bridgehead atoms. The Morgan fingerprint density at radius 3 is 2.62 bits per heavy atom. The van der Waals surface area contributed by atoms with E-state index in [1.807, 2.05) is 13.8 Å². The predicted octanol–water partition coefficient (Wildman–Crippen LogP) is 2.84. The van der Waals surface area contributed by atoms with E-state index in [0.717, 1.165) is 0 Å². The van der Waals surface area contributed by atoms with Gasteiger partial charge in [0.1, 0.15) is 10.6 Å². The summed E-state index contributed by atoms with van der Waals surface area (Å²) in [5, 5.41) is 3.28. The molecule has 0 aliphatic carbocycles. The molecule has 1 aliphatic heterocycles. The van der Waals surface area contributed by atoms with Gasteiger partial charge in [-0.05, 0) is 29.0 Å². The minimum atomic E-state index is -4.12. The number of esters is 1. The molecule has 1 aliphatic rings. The van der Waals surface area contributed by atoms with Crippen molar-refractivity contribution < 1.29 is 27.5 Å². The van der Waals surface area contributed by atoms with Gasteiger partial charge in [-0.3, -0.25) is 4.79 Å². The molecule has 1 aromatic heterocycles. The number of thiophene rings is 1. The molecule has 0 N–H and O–H groups in total. The Morgan fingerprint density at radius 2 is 2.04 bits per heavy atom. The van der Waals surface area contributed by atoms with E-state index in [4.69, 9.17) is 9.47 Å². The third-order valence-corrected chi connectivity index (χ3v) is 6.45. The van der Waals surface area contributed by atoms with Gasteiger partial charge in [0.2, 0.25) is 0 Å². The van der Waals surface area contributed by atoms with Crippen molar-refractivity contribution in [2.45, 2.75) is 24.7 Å². The Morgan fingerprint density at radius 1 is 1.31 bits per heavy atom. The molecular formula is C17H17NO6S2. The molecule has 7 nitrogen and oxygen atoms in total. The molecule has 0 saturated carbocycles. The first kappa shape index (κ1) is 18.4. The van der Waals surface area contributed by atoms with Crippen LogP contribution in [0.1, 0.15) is 46.0 Å². The Hall–Kier alpha value is -2.39. The lowest BCUT2D eigenvalue weighted by atomic mass is 9.96. The number of amides is 1. The van der Waals surface area contributed by atoms with Crippen LogP contribution in [0, 0.1) is 0 Å². The summed E-state index contributed by atoms with van der Waals surface area (Å²) in [7, 11) is -2.69. The second kappa shape index (κ2) is 6.73. The van der Waals surface area contributed by atoms with Crippen LogP contribution in [0.3, 0.4) is 0 Å². The van der Waals surface area contributed by atoms with Gasteiger partial charge in [0.25, 0.3) is 15.9 Å². The van der Waals surface area contributed by atoms with Crippen molar-refractivity contribution >= 4 is 33.2 Å². The Kier molecular flexibility index (Phi) is 4.76. The lowest BCUT2D eigenvalue weighted by Gasteiger charge is -2.14. The summed E-state index contributed by atoms with van der Waals surface area (Å²) < 4.78 is 36.4. The van der Waals surface area contributed by atoms with Gasteiger partial charge in [0.15, 0.2) is 6.73 Å². The van der Waals surface area contributed by atoms with E-state index < -0.39 is 28.6 Å². The number of rotatable bonds is 5. The van der Waals surface area contributed by atoms with E-state index in [1.54, 1.807) is 22.9 Å². The fraction of sp³-hybridized carbons (Fsp3) is 0.294. The van der Waals surface area contributed by atoms with Gasteiger partial charge < -0.3 is 9.47 Å². The van der Waals surface area contributed by atoms with Crippen LogP contribution >= 0.6 is 11.3 Å². The zero-order valence-corrected chi connectivity index (χ0v) is 16.0. The van der Waals surface area contributed by atoms with Crippen LogP contribution in [0.25, 0.3) is 0 Å². The van der Waals surface area contributed by atoms with Crippen molar-refractivity contribution in [1.82, 2.24) is 4.31 Å². The average Bonchev–Trinajstić information content (AvgIpc) is 3.19. The van der Waals surface area contributed by atoms with Crippen LogP contribution in [0.15, 0.2) is 33.9 Å². The number of hydrogen-bond acceptors (Lipinski definition) is 7. The van der Waals surface area contributed by atoms with Crippen molar-refractivity contribution in [3.05, 3.63) is 45.6 Å². The number of benzene rings is 1. The highest BCUT2D eigenvalue weighted by Gasteiger charge is 2.44. The topological polar surface area (TPSA) is 90.0 Å². The minimum absolute atomic E-state index is 0.0914. The molecule has 0 fully saturated rings. The number of carbonyl (C=O) groups excluding carboxylic acids is 2. The summed E-state index contributed by atoms with van der Waals surface area (Å²) in [5.41, 5.74) is 0.980. The molecule has 26 heavy (non-hydrogen) atoms. The lowest BCUT2D eigenvalue weighted by molar-refractivity contribution is 0.0358. The molecule has 9 heteroatoms.